The Balaban J connectivity index is 1.94. The number of rotatable bonds is 4. The van der Waals surface area contributed by atoms with Crippen molar-refractivity contribution < 1.29 is 19.0 Å². The molecule has 2 aromatic heterocycles. The second kappa shape index (κ2) is 5.60. The number of nitrogens with zero attached hydrogens (tertiary/aromatic N) is 3. The van der Waals surface area contributed by atoms with Gasteiger partial charge in [0.1, 0.15) is 5.75 Å². The summed E-state index contributed by atoms with van der Waals surface area (Å²) in [5.74, 6) is -1.71. The Morgan fingerprint density at radius 3 is 2.91 bits per heavy atom. The van der Waals surface area contributed by atoms with Crippen LogP contribution in [0.15, 0.2) is 42.6 Å². The van der Waals surface area contributed by atoms with Gasteiger partial charge in [-0.1, -0.05) is 22.4 Å². The van der Waals surface area contributed by atoms with Crippen molar-refractivity contribution in [2.75, 3.05) is 0 Å². The maximum absolute atomic E-state index is 13.7. The summed E-state index contributed by atoms with van der Waals surface area (Å²) in [4.78, 5) is 14.5. The molecule has 0 saturated carbocycles. The largest absolute Gasteiger partial charge is 0.476 e. The SMILES string of the molecule is O=C(O)c1[nH]nnc1Oc1cccc(-c2cccnc2F)c1. The maximum atomic E-state index is 13.7. The minimum absolute atomic E-state index is 0.170. The minimum atomic E-state index is -1.24. The molecular weight excluding hydrogens is 291 g/mol. The van der Waals surface area contributed by atoms with E-state index >= 15 is 0 Å². The number of aromatic amines is 1. The third-order valence-corrected chi connectivity index (χ3v) is 2.85. The van der Waals surface area contributed by atoms with Crippen LogP contribution in [0, 0.1) is 5.95 Å². The van der Waals surface area contributed by atoms with E-state index in [1.807, 2.05) is 0 Å². The summed E-state index contributed by atoms with van der Waals surface area (Å²) in [6.07, 6.45) is 1.35. The molecular formula is C14H9FN4O3. The van der Waals surface area contributed by atoms with E-state index < -0.39 is 11.9 Å². The number of benzene rings is 1. The van der Waals surface area contributed by atoms with Crippen molar-refractivity contribution in [3.63, 3.8) is 0 Å². The molecule has 0 aliphatic heterocycles. The molecule has 0 aliphatic rings. The van der Waals surface area contributed by atoms with Gasteiger partial charge in [-0.2, -0.15) is 4.39 Å². The fourth-order valence-corrected chi connectivity index (χ4v) is 1.87. The molecule has 22 heavy (non-hydrogen) atoms. The molecule has 0 amide bonds. The number of aromatic carboxylic acids is 1. The van der Waals surface area contributed by atoms with Crippen LogP contribution in [0.2, 0.25) is 0 Å². The summed E-state index contributed by atoms with van der Waals surface area (Å²) in [6, 6.07) is 9.69. The molecule has 2 N–H and O–H groups in total. The molecule has 0 saturated heterocycles. The van der Waals surface area contributed by atoms with Gasteiger partial charge in [0.2, 0.25) is 11.6 Å². The summed E-state index contributed by atoms with van der Waals surface area (Å²) < 4.78 is 19.1. The summed E-state index contributed by atoms with van der Waals surface area (Å²) >= 11 is 0. The number of carboxylic acids is 1. The molecule has 0 unspecified atom stereocenters. The Hall–Kier alpha value is -3.29. The number of pyridine rings is 1. The van der Waals surface area contributed by atoms with Crippen LogP contribution in [0.3, 0.4) is 0 Å². The van der Waals surface area contributed by atoms with Gasteiger partial charge < -0.3 is 9.84 Å². The lowest BCUT2D eigenvalue weighted by atomic mass is 10.1. The van der Waals surface area contributed by atoms with Crippen molar-refractivity contribution in [3.8, 4) is 22.8 Å². The van der Waals surface area contributed by atoms with E-state index in [4.69, 9.17) is 9.84 Å². The van der Waals surface area contributed by atoms with Crippen LogP contribution in [0.1, 0.15) is 10.5 Å². The Morgan fingerprint density at radius 2 is 2.14 bits per heavy atom. The second-order valence-electron chi connectivity index (χ2n) is 4.27. The van der Waals surface area contributed by atoms with E-state index in [-0.39, 0.29) is 11.6 Å². The molecule has 3 rings (SSSR count). The fraction of sp³-hybridized carbons (Fsp3) is 0. The zero-order chi connectivity index (χ0) is 15.5. The van der Waals surface area contributed by atoms with Gasteiger partial charge in [0.25, 0.3) is 5.88 Å². The smallest absolute Gasteiger partial charge is 0.359 e. The number of halogens is 1. The van der Waals surface area contributed by atoms with Crippen molar-refractivity contribution in [1.82, 2.24) is 20.4 Å². The number of nitrogens with one attached hydrogen (secondary N) is 1. The molecule has 1 aromatic carbocycles. The lowest BCUT2D eigenvalue weighted by molar-refractivity contribution is 0.0687. The Morgan fingerprint density at radius 1 is 1.27 bits per heavy atom. The first-order chi connectivity index (χ1) is 10.6. The first-order valence-corrected chi connectivity index (χ1v) is 6.18. The van der Waals surface area contributed by atoms with Crippen molar-refractivity contribution in [1.29, 1.82) is 0 Å². The van der Waals surface area contributed by atoms with E-state index in [2.05, 4.69) is 20.4 Å². The van der Waals surface area contributed by atoms with Crippen molar-refractivity contribution in [2.45, 2.75) is 0 Å². The predicted octanol–water partition coefficient (Wildman–Crippen LogP) is 2.50. The molecule has 7 nitrogen and oxygen atoms in total. The summed E-state index contributed by atoms with van der Waals surface area (Å²) in [5, 5.41) is 18.1. The molecule has 0 fully saturated rings. The quantitative estimate of drug-likeness (QED) is 0.718. The standard InChI is InChI=1S/C14H9FN4O3/c15-12-10(5-2-6-16-12)8-3-1-4-9(7-8)22-13-11(14(20)21)17-19-18-13/h1-7H,(H,20,21)(H,17,18,19). The lowest BCUT2D eigenvalue weighted by Gasteiger charge is -2.06. The van der Waals surface area contributed by atoms with E-state index in [0.29, 0.717) is 16.9 Å². The average molecular weight is 300 g/mol. The number of carboxylic acid groups (broad SMARTS) is 1. The highest BCUT2D eigenvalue weighted by Gasteiger charge is 2.16. The zero-order valence-electron chi connectivity index (χ0n) is 11.0. The van der Waals surface area contributed by atoms with Crippen LogP contribution < -0.4 is 4.74 Å². The van der Waals surface area contributed by atoms with Crippen LogP contribution in [0.25, 0.3) is 11.1 Å². The van der Waals surface area contributed by atoms with Gasteiger partial charge in [0, 0.05) is 11.8 Å². The van der Waals surface area contributed by atoms with Crippen LogP contribution in [0.4, 0.5) is 4.39 Å². The zero-order valence-corrected chi connectivity index (χ0v) is 11.0. The molecule has 0 bridgehead atoms. The molecule has 0 atom stereocenters. The van der Waals surface area contributed by atoms with Crippen LogP contribution in [-0.2, 0) is 0 Å². The first kappa shape index (κ1) is 13.7. The Kier molecular flexibility index (Phi) is 3.48. The molecule has 3 aromatic rings. The van der Waals surface area contributed by atoms with Gasteiger partial charge in [-0.25, -0.2) is 14.9 Å². The average Bonchev–Trinajstić information content (AvgIpc) is 2.96. The maximum Gasteiger partial charge on any atom is 0.359 e. The van der Waals surface area contributed by atoms with E-state index in [9.17, 15) is 9.18 Å². The predicted molar refractivity (Wildman–Crippen MR) is 73.0 cm³/mol. The summed E-state index contributed by atoms with van der Waals surface area (Å²) in [7, 11) is 0. The topological polar surface area (TPSA) is 101 Å². The number of hydrogen-bond donors (Lipinski definition) is 2. The molecule has 110 valence electrons. The van der Waals surface area contributed by atoms with Gasteiger partial charge in [-0.3, -0.25) is 0 Å². The number of carbonyl (C=O) groups is 1. The molecule has 2 heterocycles. The molecule has 0 radical (unpaired) electrons. The van der Waals surface area contributed by atoms with E-state index in [0.717, 1.165) is 0 Å². The second-order valence-corrected chi connectivity index (χ2v) is 4.27. The molecule has 8 heteroatoms. The third kappa shape index (κ3) is 2.62. The summed E-state index contributed by atoms with van der Waals surface area (Å²) in [6.45, 7) is 0. The fourth-order valence-electron chi connectivity index (χ4n) is 1.87. The van der Waals surface area contributed by atoms with Crippen LogP contribution in [0.5, 0.6) is 11.6 Å². The van der Waals surface area contributed by atoms with Crippen molar-refractivity contribution in [3.05, 3.63) is 54.2 Å². The number of ether oxygens (including phenoxy) is 1. The van der Waals surface area contributed by atoms with Gasteiger partial charge in [-0.15, -0.1) is 0 Å². The highest BCUT2D eigenvalue weighted by Crippen LogP contribution is 2.28. The number of aromatic nitrogens is 4. The van der Waals surface area contributed by atoms with Gasteiger partial charge in [-0.05, 0) is 29.8 Å². The van der Waals surface area contributed by atoms with Crippen LogP contribution >= 0.6 is 0 Å². The van der Waals surface area contributed by atoms with Crippen molar-refractivity contribution >= 4 is 5.97 Å². The number of H-pyrrole nitrogens is 1. The first-order valence-electron chi connectivity index (χ1n) is 6.18. The third-order valence-electron chi connectivity index (χ3n) is 2.85. The minimum Gasteiger partial charge on any atom is -0.476 e. The van der Waals surface area contributed by atoms with Gasteiger partial charge in [0.05, 0.1) is 0 Å². The van der Waals surface area contributed by atoms with Crippen molar-refractivity contribution in [2.24, 2.45) is 0 Å². The van der Waals surface area contributed by atoms with E-state index in [1.54, 1.807) is 36.4 Å². The Labute approximate surface area is 123 Å². The molecule has 0 spiro atoms. The van der Waals surface area contributed by atoms with Gasteiger partial charge >= 0.3 is 5.97 Å². The monoisotopic (exact) mass is 300 g/mol. The lowest BCUT2D eigenvalue weighted by Crippen LogP contribution is -1.99. The number of hydrogen-bond acceptors (Lipinski definition) is 5. The highest BCUT2D eigenvalue weighted by atomic mass is 19.1. The van der Waals surface area contributed by atoms with Gasteiger partial charge in [0.15, 0.2) is 0 Å². The molecule has 0 aliphatic carbocycles. The summed E-state index contributed by atoms with van der Waals surface area (Å²) in [5.41, 5.74) is 0.591. The van der Waals surface area contributed by atoms with E-state index in [1.165, 1.54) is 6.20 Å². The van der Waals surface area contributed by atoms with Crippen LogP contribution in [-0.4, -0.2) is 31.5 Å². The normalized spacial score (nSPS) is 10.4. The Bertz CT molecular complexity index is 834. The highest BCUT2D eigenvalue weighted by molar-refractivity contribution is 5.87.